The van der Waals surface area contributed by atoms with Gasteiger partial charge in [-0.2, -0.15) is 0 Å². The SMILES string of the molecule is CN(C)S(=O)(=O)c1ccsc1C(=O)N[C@H]1CCCNC1.Cl. The second-order valence-electron chi connectivity index (χ2n) is 4.92. The highest BCUT2D eigenvalue weighted by Crippen LogP contribution is 2.24. The summed E-state index contributed by atoms with van der Waals surface area (Å²) in [6, 6.07) is 1.54. The Balaban J connectivity index is 0.00000220. The number of hydrogen-bond donors (Lipinski definition) is 2. The van der Waals surface area contributed by atoms with Crippen LogP contribution in [0.3, 0.4) is 0 Å². The summed E-state index contributed by atoms with van der Waals surface area (Å²) in [5.74, 6) is -0.311. The first kappa shape index (κ1) is 18.4. The van der Waals surface area contributed by atoms with E-state index in [2.05, 4.69) is 10.6 Å². The number of piperidine rings is 1. The molecule has 1 amide bonds. The lowest BCUT2D eigenvalue weighted by atomic mass is 10.1. The molecule has 1 aromatic rings. The van der Waals surface area contributed by atoms with Crippen LogP contribution in [0.15, 0.2) is 16.3 Å². The van der Waals surface area contributed by atoms with E-state index in [4.69, 9.17) is 0 Å². The van der Waals surface area contributed by atoms with Crippen LogP contribution in [0.25, 0.3) is 0 Å². The number of carbonyl (C=O) groups is 1. The van der Waals surface area contributed by atoms with Crippen LogP contribution in [0.2, 0.25) is 0 Å². The molecule has 1 aliphatic heterocycles. The highest BCUT2D eigenvalue weighted by molar-refractivity contribution is 7.89. The Morgan fingerprint density at radius 1 is 1.48 bits per heavy atom. The van der Waals surface area contributed by atoms with Crippen LogP contribution in [0, 0.1) is 0 Å². The molecule has 9 heteroatoms. The van der Waals surface area contributed by atoms with Gasteiger partial charge in [-0.1, -0.05) is 0 Å². The number of nitrogens with zero attached hydrogens (tertiary/aromatic N) is 1. The van der Waals surface area contributed by atoms with Crippen molar-refractivity contribution in [2.45, 2.75) is 23.8 Å². The Hall–Kier alpha value is -0.670. The maximum absolute atomic E-state index is 12.3. The summed E-state index contributed by atoms with van der Waals surface area (Å²) in [7, 11) is -0.667. The highest BCUT2D eigenvalue weighted by Gasteiger charge is 2.27. The van der Waals surface area contributed by atoms with E-state index >= 15 is 0 Å². The second-order valence-corrected chi connectivity index (χ2v) is 7.95. The molecule has 2 rings (SSSR count). The van der Waals surface area contributed by atoms with Crippen molar-refractivity contribution in [2.75, 3.05) is 27.2 Å². The largest absolute Gasteiger partial charge is 0.347 e. The lowest BCUT2D eigenvalue weighted by Crippen LogP contribution is -2.45. The lowest BCUT2D eigenvalue weighted by Gasteiger charge is -2.23. The Kier molecular flexibility index (Phi) is 6.61. The van der Waals surface area contributed by atoms with E-state index in [0.29, 0.717) is 0 Å². The summed E-state index contributed by atoms with van der Waals surface area (Å²) in [5, 5.41) is 7.74. The number of sulfonamides is 1. The van der Waals surface area contributed by atoms with E-state index in [-0.39, 0.29) is 34.1 Å². The first-order valence-corrected chi connectivity index (χ1v) is 8.76. The smallest absolute Gasteiger partial charge is 0.263 e. The predicted octanol–water partition coefficient (Wildman–Crippen LogP) is 0.902. The standard InChI is InChI=1S/C12H19N3O3S2.ClH/c1-15(2)20(17,18)10-5-7-19-11(10)12(16)14-9-4-3-6-13-8-9;/h5,7,9,13H,3-4,6,8H2,1-2H3,(H,14,16);1H/t9-;/m0./s1. The molecule has 6 nitrogen and oxygen atoms in total. The molecule has 0 bridgehead atoms. The molecule has 1 atom stereocenters. The van der Waals surface area contributed by atoms with E-state index in [1.54, 1.807) is 5.38 Å². The lowest BCUT2D eigenvalue weighted by molar-refractivity contribution is 0.0931. The fourth-order valence-electron chi connectivity index (χ4n) is 2.09. The Labute approximate surface area is 135 Å². The van der Waals surface area contributed by atoms with Crippen molar-refractivity contribution in [3.63, 3.8) is 0 Å². The van der Waals surface area contributed by atoms with Crippen molar-refractivity contribution in [2.24, 2.45) is 0 Å². The normalized spacial score (nSPS) is 19.1. The van der Waals surface area contributed by atoms with Gasteiger partial charge in [0, 0.05) is 26.7 Å². The average Bonchev–Trinajstić information content (AvgIpc) is 2.89. The van der Waals surface area contributed by atoms with E-state index < -0.39 is 10.0 Å². The number of carbonyl (C=O) groups excluding carboxylic acids is 1. The van der Waals surface area contributed by atoms with E-state index in [1.165, 1.54) is 20.2 Å². The summed E-state index contributed by atoms with van der Waals surface area (Å²) in [4.78, 5) is 12.6. The van der Waals surface area contributed by atoms with Crippen LogP contribution in [-0.4, -0.2) is 51.9 Å². The van der Waals surface area contributed by atoms with Gasteiger partial charge in [0.2, 0.25) is 10.0 Å². The molecule has 0 aliphatic carbocycles. The first-order chi connectivity index (χ1) is 9.43. The third-order valence-electron chi connectivity index (χ3n) is 3.23. The number of thiophene rings is 1. The minimum Gasteiger partial charge on any atom is -0.347 e. The van der Waals surface area contributed by atoms with Crippen molar-refractivity contribution in [1.82, 2.24) is 14.9 Å². The van der Waals surface area contributed by atoms with Gasteiger partial charge in [0.1, 0.15) is 9.77 Å². The predicted molar refractivity (Wildman–Crippen MR) is 85.8 cm³/mol. The second kappa shape index (κ2) is 7.55. The molecule has 1 aliphatic rings. The zero-order valence-electron chi connectivity index (χ0n) is 12.0. The quantitative estimate of drug-likeness (QED) is 0.843. The zero-order chi connectivity index (χ0) is 14.8. The third-order valence-corrected chi connectivity index (χ3v) is 6.13. The molecule has 1 aromatic heterocycles. The summed E-state index contributed by atoms with van der Waals surface area (Å²) in [5.41, 5.74) is 0. The molecular weight excluding hydrogens is 334 g/mol. The zero-order valence-corrected chi connectivity index (χ0v) is 14.4. The minimum atomic E-state index is -3.58. The van der Waals surface area contributed by atoms with Gasteiger partial charge in [-0.05, 0) is 30.8 Å². The molecule has 0 aromatic carbocycles. The van der Waals surface area contributed by atoms with Gasteiger partial charge in [-0.25, -0.2) is 12.7 Å². The molecule has 120 valence electrons. The van der Waals surface area contributed by atoms with Gasteiger partial charge in [0.05, 0.1) is 0 Å². The molecule has 0 unspecified atom stereocenters. The van der Waals surface area contributed by atoms with Crippen LogP contribution >= 0.6 is 23.7 Å². The first-order valence-electron chi connectivity index (χ1n) is 6.44. The maximum Gasteiger partial charge on any atom is 0.263 e. The molecule has 0 spiro atoms. The van der Waals surface area contributed by atoms with Crippen LogP contribution < -0.4 is 10.6 Å². The van der Waals surface area contributed by atoms with Crippen LogP contribution in [0.1, 0.15) is 22.5 Å². The fraction of sp³-hybridized carbons (Fsp3) is 0.583. The van der Waals surface area contributed by atoms with E-state index in [9.17, 15) is 13.2 Å². The topological polar surface area (TPSA) is 78.5 Å². The van der Waals surface area contributed by atoms with Crippen molar-refractivity contribution in [3.05, 3.63) is 16.3 Å². The van der Waals surface area contributed by atoms with E-state index in [1.807, 2.05) is 0 Å². The average molecular weight is 354 g/mol. The molecule has 1 saturated heterocycles. The Morgan fingerprint density at radius 2 is 2.19 bits per heavy atom. The van der Waals surface area contributed by atoms with Crippen LogP contribution in [-0.2, 0) is 10.0 Å². The fourth-order valence-corrected chi connectivity index (χ4v) is 4.29. The van der Waals surface area contributed by atoms with Gasteiger partial charge < -0.3 is 10.6 Å². The summed E-state index contributed by atoms with van der Waals surface area (Å²) < 4.78 is 25.4. The number of nitrogens with one attached hydrogen (secondary N) is 2. The maximum atomic E-state index is 12.3. The summed E-state index contributed by atoms with van der Waals surface area (Å²) in [6.45, 7) is 1.69. The third kappa shape index (κ3) is 4.17. The number of amides is 1. The minimum absolute atomic E-state index is 0. The van der Waals surface area contributed by atoms with Gasteiger partial charge >= 0.3 is 0 Å². The highest BCUT2D eigenvalue weighted by atomic mass is 35.5. The van der Waals surface area contributed by atoms with Crippen molar-refractivity contribution in [3.8, 4) is 0 Å². The van der Waals surface area contributed by atoms with Crippen molar-refractivity contribution in [1.29, 1.82) is 0 Å². The van der Waals surface area contributed by atoms with Crippen LogP contribution in [0.4, 0.5) is 0 Å². The summed E-state index contributed by atoms with van der Waals surface area (Å²) in [6.07, 6.45) is 1.93. The Bertz CT molecular complexity index is 580. The molecule has 21 heavy (non-hydrogen) atoms. The molecule has 0 radical (unpaired) electrons. The van der Waals surface area contributed by atoms with Gasteiger partial charge in [-0.15, -0.1) is 23.7 Å². The molecule has 2 N–H and O–H groups in total. The van der Waals surface area contributed by atoms with E-state index in [0.717, 1.165) is 41.6 Å². The molecular formula is C12H20ClN3O3S2. The molecule has 0 saturated carbocycles. The molecule has 1 fully saturated rings. The molecule has 2 heterocycles. The number of hydrogen-bond acceptors (Lipinski definition) is 5. The van der Waals surface area contributed by atoms with Crippen molar-refractivity contribution < 1.29 is 13.2 Å². The summed E-state index contributed by atoms with van der Waals surface area (Å²) >= 11 is 1.15. The van der Waals surface area contributed by atoms with Gasteiger partial charge in [0.15, 0.2) is 0 Å². The Morgan fingerprint density at radius 3 is 2.76 bits per heavy atom. The monoisotopic (exact) mass is 353 g/mol. The van der Waals surface area contributed by atoms with Crippen molar-refractivity contribution >= 4 is 39.7 Å². The number of rotatable bonds is 4. The number of halogens is 1. The van der Waals surface area contributed by atoms with Gasteiger partial charge in [-0.3, -0.25) is 4.79 Å². The van der Waals surface area contributed by atoms with Gasteiger partial charge in [0.25, 0.3) is 5.91 Å². The van der Waals surface area contributed by atoms with Crippen LogP contribution in [0.5, 0.6) is 0 Å².